The van der Waals surface area contributed by atoms with Gasteiger partial charge in [-0.25, -0.2) is 0 Å². The summed E-state index contributed by atoms with van der Waals surface area (Å²) in [5, 5.41) is 32.3. The number of benzene rings is 2. The first-order chi connectivity index (χ1) is 13.8. The summed E-state index contributed by atoms with van der Waals surface area (Å²) in [5.41, 5.74) is -1.33. The fraction of sp³-hybridized carbons (Fsp3) is 0.476. The van der Waals surface area contributed by atoms with Gasteiger partial charge in [-0.2, -0.15) is 13.1 Å². The maximum Gasteiger partial charge on any atom is 0.302 e. The highest BCUT2D eigenvalue weighted by molar-refractivity contribution is 7.91. The lowest BCUT2D eigenvalue weighted by molar-refractivity contribution is -0.124. The van der Waals surface area contributed by atoms with Crippen molar-refractivity contribution in [1.82, 2.24) is 4.72 Å². The molecule has 9 heteroatoms. The molecule has 1 aliphatic heterocycles. The van der Waals surface area contributed by atoms with E-state index in [1.807, 2.05) is 18.2 Å². The van der Waals surface area contributed by atoms with Gasteiger partial charge < -0.3 is 20.1 Å². The van der Waals surface area contributed by atoms with Crippen LogP contribution in [0, 0.1) is 0 Å². The van der Waals surface area contributed by atoms with E-state index < -0.39 is 27.5 Å². The number of hydrogen-bond acceptors (Lipinski definition) is 6. The molecule has 2 aromatic carbocycles. The second kappa shape index (κ2) is 7.81. The zero-order valence-electron chi connectivity index (χ0n) is 17.3. The van der Waals surface area contributed by atoms with E-state index in [-0.39, 0.29) is 18.0 Å². The minimum atomic E-state index is -3.91. The molecule has 1 heterocycles. The third-order valence-corrected chi connectivity index (χ3v) is 7.36. The normalized spacial score (nSPS) is 21.0. The largest absolute Gasteiger partial charge is 0.506 e. The van der Waals surface area contributed by atoms with E-state index in [4.69, 9.17) is 0 Å². The van der Waals surface area contributed by atoms with Crippen molar-refractivity contribution in [2.75, 3.05) is 10.8 Å². The second-order valence-corrected chi connectivity index (χ2v) is 10.2. The van der Waals surface area contributed by atoms with E-state index in [0.717, 1.165) is 20.6 Å². The maximum atomic E-state index is 12.3. The van der Waals surface area contributed by atoms with Crippen LogP contribution < -0.4 is 9.03 Å². The molecule has 3 rings (SSSR count). The molecule has 0 bridgehead atoms. The van der Waals surface area contributed by atoms with Gasteiger partial charge in [0, 0.05) is 0 Å². The minimum absolute atomic E-state index is 0.0867. The third kappa shape index (κ3) is 4.44. The smallest absolute Gasteiger partial charge is 0.302 e. The number of carbonyl (C=O) groups is 1. The molecule has 164 valence electrons. The van der Waals surface area contributed by atoms with Gasteiger partial charge in [-0.15, -0.1) is 0 Å². The number of aliphatic hydroxyl groups is 2. The predicted molar refractivity (Wildman–Crippen MR) is 115 cm³/mol. The molecule has 1 aliphatic rings. The van der Waals surface area contributed by atoms with Crippen LogP contribution in [0.4, 0.5) is 5.69 Å². The summed E-state index contributed by atoms with van der Waals surface area (Å²) >= 11 is 0. The van der Waals surface area contributed by atoms with Crippen LogP contribution in [-0.4, -0.2) is 53.8 Å². The zero-order chi connectivity index (χ0) is 22.3. The molecule has 2 aromatic rings. The molecule has 0 amide bonds. The molecule has 0 spiro atoms. The van der Waals surface area contributed by atoms with Crippen LogP contribution in [-0.2, 0) is 21.4 Å². The highest BCUT2D eigenvalue weighted by Crippen LogP contribution is 2.36. The topological polar surface area (TPSA) is 127 Å². The Bertz CT molecular complexity index is 1060. The zero-order valence-corrected chi connectivity index (χ0v) is 18.1. The molecule has 2 atom stereocenters. The van der Waals surface area contributed by atoms with Gasteiger partial charge in [-0.1, -0.05) is 18.2 Å². The molecular formula is C21H28N2O6S. The van der Waals surface area contributed by atoms with E-state index in [0.29, 0.717) is 25.5 Å². The first-order valence-electron chi connectivity index (χ1n) is 9.80. The average molecular weight is 437 g/mol. The van der Waals surface area contributed by atoms with Crippen molar-refractivity contribution >= 4 is 33.0 Å². The van der Waals surface area contributed by atoms with Crippen LogP contribution in [0.15, 0.2) is 30.3 Å². The van der Waals surface area contributed by atoms with Crippen LogP contribution in [0.1, 0.15) is 39.2 Å². The van der Waals surface area contributed by atoms with Gasteiger partial charge in [0.05, 0.1) is 29.5 Å². The molecule has 30 heavy (non-hydrogen) atoms. The first kappa shape index (κ1) is 22.5. The van der Waals surface area contributed by atoms with Crippen molar-refractivity contribution in [3.63, 3.8) is 0 Å². The summed E-state index contributed by atoms with van der Waals surface area (Å²) in [6.07, 6.45) is 2.25. The summed E-state index contributed by atoms with van der Waals surface area (Å²) in [6, 6.07) is 7.89. The van der Waals surface area contributed by atoms with Gasteiger partial charge >= 0.3 is 10.2 Å². The van der Waals surface area contributed by atoms with Crippen molar-refractivity contribution in [3.05, 3.63) is 35.9 Å². The Labute approximate surface area is 176 Å². The molecule has 8 nitrogen and oxygen atoms in total. The summed E-state index contributed by atoms with van der Waals surface area (Å²) in [7, 11) is -3.91. The SMILES string of the molecule is CC(C)(O)C(C)(O)CCCc1ccc2cc(O)c(N3CC(C=O)NS3(=O)=O)cc2c1. The van der Waals surface area contributed by atoms with E-state index in [2.05, 4.69) is 4.72 Å². The monoisotopic (exact) mass is 436 g/mol. The molecule has 4 N–H and O–H groups in total. The number of carbonyl (C=O) groups excluding carboxylic acids is 1. The first-order valence-corrected chi connectivity index (χ1v) is 11.2. The molecule has 2 unspecified atom stereocenters. The number of aldehydes is 1. The Morgan fingerprint density at radius 1 is 1.17 bits per heavy atom. The lowest BCUT2D eigenvalue weighted by Gasteiger charge is -2.35. The fourth-order valence-corrected chi connectivity index (χ4v) is 4.89. The third-order valence-electron chi connectivity index (χ3n) is 5.83. The number of fused-ring (bicyclic) bond motifs is 1. The van der Waals surface area contributed by atoms with Gasteiger partial charge in [0.15, 0.2) is 0 Å². The summed E-state index contributed by atoms with van der Waals surface area (Å²) in [4.78, 5) is 11.0. The van der Waals surface area contributed by atoms with Crippen LogP contribution in [0.3, 0.4) is 0 Å². The van der Waals surface area contributed by atoms with Crippen molar-refractivity contribution in [1.29, 1.82) is 0 Å². The lowest BCUT2D eigenvalue weighted by Crippen LogP contribution is -2.47. The molecule has 0 aliphatic carbocycles. The fourth-order valence-electron chi connectivity index (χ4n) is 3.49. The van der Waals surface area contributed by atoms with Crippen LogP contribution in [0.5, 0.6) is 5.75 Å². The summed E-state index contributed by atoms with van der Waals surface area (Å²) in [5.74, 6) is -0.187. The number of phenols is 1. The molecule has 1 fully saturated rings. The maximum absolute atomic E-state index is 12.3. The highest BCUT2D eigenvalue weighted by atomic mass is 32.2. The van der Waals surface area contributed by atoms with Gasteiger partial charge in [0.1, 0.15) is 12.0 Å². The van der Waals surface area contributed by atoms with Gasteiger partial charge in [0.2, 0.25) is 0 Å². The number of anilines is 1. The van der Waals surface area contributed by atoms with Crippen molar-refractivity contribution in [2.45, 2.75) is 57.3 Å². The number of nitrogens with zero attached hydrogens (tertiary/aromatic N) is 1. The lowest BCUT2D eigenvalue weighted by atomic mass is 9.83. The Morgan fingerprint density at radius 3 is 2.47 bits per heavy atom. The highest BCUT2D eigenvalue weighted by Gasteiger charge is 2.37. The van der Waals surface area contributed by atoms with E-state index in [1.165, 1.54) is 6.07 Å². The number of aryl methyl sites for hydroxylation is 1. The number of nitrogens with one attached hydrogen (secondary N) is 1. The standard InChI is InChI=1S/C21H28N2O6S/c1-20(2,26)21(3,27)8-4-5-14-6-7-15-11-19(25)18(10-16(15)9-14)23-12-17(13-24)22-30(23,28)29/h6-7,9-11,13,17,22,25-27H,4-5,8,12H2,1-3H3. The van der Waals surface area contributed by atoms with E-state index in [9.17, 15) is 28.5 Å². The van der Waals surface area contributed by atoms with Crippen LogP contribution in [0.25, 0.3) is 10.8 Å². The minimum Gasteiger partial charge on any atom is -0.506 e. The van der Waals surface area contributed by atoms with Crippen molar-refractivity contribution in [2.24, 2.45) is 0 Å². The molecular weight excluding hydrogens is 408 g/mol. The Morgan fingerprint density at radius 2 is 1.87 bits per heavy atom. The molecule has 0 radical (unpaired) electrons. The molecule has 1 saturated heterocycles. The average Bonchev–Trinajstić information content (AvgIpc) is 2.94. The van der Waals surface area contributed by atoms with Crippen LogP contribution >= 0.6 is 0 Å². The van der Waals surface area contributed by atoms with Gasteiger partial charge in [0.25, 0.3) is 0 Å². The van der Waals surface area contributed by atoms with Crippen molar-refractivity contribution in [3.8, 4) is 5.75 Å². The predicted octanol–water partition coefficient (Wildman–Crippen LogP) is 1.61. The van der Waals surface area contributed by atoms with E-state index >= 15 is 0 Å². The Balaban J connectivity index is 1.84. The Hall–Kier alpha value is -2.20. The number of hydrogen-bond donors (Lipinski definition) is 4. The Kier molecular flexibility index (Phi) is 5.85. The number of rotatable bonds is 7. The summed E-state index contributed by atoms with van der Waals surface area (Å²) < 4.78 is 27.8. The van der Waals surface area contributed by atoms with Crippen LogP contribution in [0.2, 0.25) is 0 Å². The number of aromatic hydroxyl groups is 1. The van der Waals surface area contributed by atoms with Gasteiger partial charge in [-0.05, 0) is 68.5 Å². The quantitative estimate of drug-likeness (QED) is 0.489. The summed E-state index contributed by atoms with van der Waals surface area (Å²) in [6.45, 7) is 4.68. The number of phenolic OH excluding ortho intramolecular Hbond substituents is 1. The molecule has 0 saturated carbocycles. The van der Waals surface area contributed by atoms with E-state index in [1.54, 1.807) is 26.8 Å². The van der Waals surface area contributed by atoms with Gasteiger partial charge in [-0.3, -0.25) is 4.31 Å². The van der Waals surface area contributed by atoms with Crippen molar-refractivity contribution < 1.29 is 28.5 Å². The molecule has 0 aromatic heterocycles. The second-order valence-electron chi connectivity index (χ2n) is 8.61.